The lowest BCUT2D eigenvalue weighted by atomic mass is 10.0. The first kappa shape index (κ1) is 17.1. The minimum absolute atomic E-state index is 0.0970. The standard InChI is InChI=1S/C23H14O6/c1-13-9-16(27-23(25)20-10-14-5-2-3-7-17(14)28-20)12-18-21(13)22(24)19(29-18)11-15-6-4-8-26-15/h2-12H,1H3/b19-11-. The fourth-order valence-electron chi connectivity index (χ4n) is 3.28. The van der Waals surface area contributed by atoms with Crippen LogP contribution in [0.2, 0.25) is 0 Å². The Hall–Kier alpha value is -4.06. The van der Waals surface area contributed by atoms with E-state index in [4.69, 9.17) is 18.3 Å². The van der Waals surface area contributed by atoms with Gasteiger partial charge in [0, 0.05) is 17.5 Å². The van der Waals surface area contributed by atoms with E-state index in [0.29, 0.717) is 28.2 Å². The summed E-state index contributed by atoms with van der Waals surface area (Å²) < 4.78 is 21.9. The van der Waals surface area contributed by atoms with E-state index in [-0.39, 0.29) is 23.1 Å². The summed E-state index contributed by atoms with van der Waals surface area (Å²) in [6, 6.07) is 15.5. The molecule has 3 heterocycles. The third-order valence-electron chi connectivity index (χ3n) is 4.60. The van der Waals surface area contributed by atoms with Gasteiger partial charge in [0.05, 0.1) is 11.8 Å². The predicted molar refractivity (Wildman–Crippen MR) is 104 cm³/mol. The van der Waals surface area contributed by atoms with E-state index in [2.05, 4.69) is 0 Å². The molecule has 0 spiro atoms. The molecular weight excluding hydrogens is 372 g/mol. The number of carbonyl (C=O) groups excluding carboxylic acids is 2. The highest BCUT2D eigenvalue weighted by Gasteiger charge is 2.30. The van der Waals surface area contributed by atoms with Crippen LogP contribution in [0.4, 0.5) is 0 Å². The van der Waals surface area contributed by atoms with Crippen molar-refractivity contribution in [2.75, 3.05) is 0 Å². The third-order valence-corrected chi connectivity index (χ3v) is 4.60. The maximum atomic E-state index is 12.6. The minimum Gasteiger partial charge on any atom is -0.465 e. The Kier molecular flexibility index (Phi) is 3.84. The molecule has 0 radical (unpaired) electrons. The maximum Gasteiger partial charge on any atom is 0.379 e. The number of rotatable bonds is 3. The Morgan fingerprint density at radius 1 is 1.07 bits per heavy atom. The van der Waals surface area contributed by atoms with Crippen LogP contribution in [0.15, 0.2) is 75.5 Å². The van der Waals surface area contributed by atoms with Crippen molar-refractivity contribution in [3.05, 3.63) is 89.3 Å². The number of ketones is 1. The van der Waals surface area contributed by atoms with E-state index in [9.17, 15) is 9.59 Å². The van der Waals surface area contributed by atoms with Gasteiger partial charge in [0.2, 0.25) is 11.5 Å². The van der Waals surface area contributed by atoms with Gasteiger partial charge < -0.3 is 18.3 Å². The number of fused-ring (bicyclic) bond motifs is 2. The van der Waals surface area contributed by atoms with Gasteiger partial charge in [-0.1, -0.05) is 18.2 Å². The highest BCUT2D eigenvalue weighted by atomic mass is 16.5. The Balaban J connectivity index is 1.43. The maximum absolute atomic E-state index is 12.6. The first-order valence-corrected chi connectivity index (χ1v) is 8.91. The van der Waals surface area contributed by atoms with Crippen LogP contribution in [0, 0.1) is 6.92 Å². The SMILES string of the molecule is Cc1cc(OC(=O)c2cc3ccccc3o2)cc2c1C(=O)/C(=C/c1ccco1)O2. The summed E-state index contributed by atoms with van der Waals surface area (Å²) in [7, 11) is 0. The van der Waals surface area contributed by atoms with E-state index in [1.165, 1.54) is 18.4 Å². The lowest BCUT2D eigenvalue weighted by molar-refractivity contribution is 0.0703. The van der Waals surface area contributed by atoms with Gasteiger partial charge in [0.1, 0.15) is 22.8 Å². The van der Waals surface area contributed by atoms with Crippen LogP contribution in [0.3, 0.4) is 0 Å². The van der Waals surface area contributed by atoms with E-state index < -0.39 is 5.97 Å². The molecule has 2 aromatic heterocycles. The Morgan fingerprint density at radius 3 is 2.72 bits per heavy atom. The average molecular weight is 386 g/mol. The summed E-state index contributed by atoms with van der Waals surface area (Å²) in [5.41, 5.74) is 1.68. The molecule has 142 valence electrons. The predicted octanol–water partition coefficient (Wildman–Crippen LogP) is 5.17. The van der Waals surface area contributed by atoms with E-state index >= 15 is 0 Å². The molecule has 4 aromatic rings. The minimum atomic E-state index is -0.628. The molecule has 0 aliphatic carbocycles. The molecule has 0 N–H and O–H groups in total. The summed E-state index contributed by atoms with van der Waals surface area (Å²) in [5, 5.41) is 0.811. The second-order valence-electron chi connectivity index (χ2n) is 6.61. The van der Waals surface area contributed by atoms with Crippen LogP contribution in [-0.4, -0.2) is 11.8 Å². The lowest BCUT2D eigenvalue weighted by Gasteiger charge is -2.06. The van der Waals surface area contributed by atoms with Crippen molar-refractivity contribution in [3.63, 3.8) is 0 Å². The van der Waals surface area contributed by atoms with Gasteiger partial charge in [0.15, 0.2) is 5.76 Å². The highest BCUT2D eigenvalue weighted by Crippen LogP contribution is 2.37. The summed E-state index contributed by atoms with van der Waals surface area (Å²) in [5.74, 6) is 0.480. The van der Waals surface area contributed by atoms with Crippen molar-refractivity contribution >= 4 is 28.8 Å². The van der Waals surface area contributed by atoms with Crippen molar-refractivity contribution in [1.82, 2.24) is 0 Å². The molecule has 6 heteroatoms. The first-order valence-electron chi connectivity index (χ1n) is 8.91. The Morgan fingerprint density at radius 2 is 1.93 bits per heavy atom. The molecule has 0 saturated carbocycles. The zero-order valence-corrected chi connectivity index (χ0v) is 15.3. The molecule has 2 aromatic carbocycles. The van der Waals surface area contributed by atoms with Gasteiger partial charge in [-0.15, -0.1) is 0 Å². The quantitative estimate of drug-likeness (QED) is 0.275. The Bertz CT molecular complexity index is 1260. The van der Waals surface area contributed by atoms with E-state index in [0.717, 1.165) is 5.39 Å². The van der Waals surface area contributed by atoms with Gasteiger partial charge in [-0.05, 0) is 42.8 Å². The van der Waals surface area contributed by atoms with Gasteiger partial charge in [-0.3, -0.25) is 4.79 Å². The van der Waals surface area contributed by atoms with E-state index in [1.54, 1.807) is 37.3 Å². The van der Waals surface area contributed by atoms with Crippen molar-refractivity contribution < 1.29 is 27.9 Å². The van der Waals surface area contributed by atoms with Crippen molar-refractivity contribution in [2.24, 2.45) is 0 Å². The number of aryl methyl sites for hydroxylation is 1. The summed E-state index contributed by atoms with van der Waals surface area (Å²) >= 11 is 0. The fraction of sp³-hybridized carbons (Fsp3) is 0.0435. The van der Waals surface area contributed by atoms with Crippen molar-refractivity contribution in [3.8, 4) is 11.5 Å². The number of esters is 1. The molecule has 5 rings (SSSR count). The smallest absolute Gasteiger partial charge is 0.379 e. The summed E-state index contributed by atoms with van der Waals surface area (Å²) in [6.45, 7) is 1.76. The molecule has 0 bridgehead atoms. The number of para-hydroxylation sites is 1. The molecule has 29 heavy (non-hydrogen) atoms. The number of benzene rings is 2. The number of furan rings is 2. The van der Waals surface area contributed by atoms with Gasteiger partial charge in [-0.25, -0.2) is 4.79 Å². The highest BCUT2D eigenvalue weighted by molar-refractivity contribution is 6.15. The molecule has 0 amide bonds. The zero-order valence-electron chi connectivity index (χ0n) is 15.3. The monoisotopic (exact) mass is 386 g/mol. The molecular formula is C23H14O6. The number of hydrogen-bond acceptors (Lipinski definition) is 6. The van der Waals surface area contributed by atoms with Crippen LogP contribution in [-0.2, 0) is 0 Å². The van der Waals surface area contributed by atoms with Crippen LogP contribution in [0.25, 0.3) is 17.0 Å². The van der Waals surface area contributed by atoms with Gasteiger partial charge >= 0.3 is 5.97 Å². The number of ether oxygens (including phenoxy) is 2. The molecule has 0 fully saturated rings. The van der Waals surface area contributed by atoms with Crippen LogP contribution < -0.4 is 9.47 Å². The average Bonchev–Trinajstić information content (AvgIpc) is 3.42. The van der Waals surface area contributed by atoms with Crippen molar-refractivity contribution in [1.29, 1.82) is 0 Å². The normalized spacial score (nSPS) is 14.2. The number of carbonyl (C=O) groups is 2. The summed E-state index contributed by atoms with van der Waals surface area (Å²) in [6.07, 6.45) is 3.04. The van der Waals surface area contributed by atoms with Gasteiger partial charge in [-0.2, -0.15) is 0 Å². The zero-order chi connectivity index (χ0) is 20.0. The van der Waals surface area contributed by atoms with Crippen LogP contribution in [0.1, 0.15) is 32.2 Å². The Labute approximate surface area is 164 Å². The third kappa shape index (κ3) is 3.00. The largest absolute Gasteiger partial charge is 0.465 e. The molecule has 0 atom stereocenters. The van der Waals surface area contributed by atoms with Gasteiger partial charge in [0.25, 0.3) is 0 Å². The molecule has 6 nitrogen and oxygen atoms in total. The van der Waals surface area contributed by atoms with Crippen molar-refractivity contribution in [2.45, 2.75) is 6.92 Å². The topological polar surface area (TPSA) is 78.9 Å². The molecule has 0 saturated heterocycles. The first-order chi connectivity index (χ1) is 14.1. The second kappa shape index (κ2) is 6.53. The lowest BCUT2D eigenvalue weighted by Crippen LogP contribution is -2.07. The summed E-state index contributed by atoms with van der Waals surface area (Å²) in [4.78, 5) is 25.1. The fourth-order valence-corrected chi connectivity index (χ4v) is 3.28. The van der Waals surface area contributed by atoms with E-state index in [1.807, 2.05) is 18.2 Å². The number of hydrogen-bond donors (Lipinski definition) is 0. The van der Waals surface area contributed by atoms with Crippen LogP contribution >= 0.6 is 0 Å². The molecule has 1 aliphatic heterocycles. The molecule has 1 aliphatic rings. The molecule has 0 unspecified atom stereocenters. The number of allylic oxidation sites excluding steroid dienone is 1. The number of Topliss-reactive ketones (excluding diaryl/α,β-unsaturated/α-hetero) is 1. The van der Waals surface area contributed by atoms with Crippen LogP contribution in [0.5, 0.6) is 11.5 Å². The second-order valence-corrected chi connectivity index (χ2v) is 6.61.